The van der Waals surface area contributed by atoms with Crippen molar-refractivity contribution in [2.24, 2.45) is 0 Å². The first kappa shape index (κ1) is 18.2. The third kappa shape index (κ3) is 3.64. The number of hydrogen-bond donors (Lipinski definition) is 2. The van der Waals surface area contributed by atoms with E-state index in [0.29, 0.717) is 0 Å². The third-order valence-electron chi connectivity index (χ3n) is 4.44. The van der Waals surface area contributed by atoms with Crippen molar-refractivity contribution in [2.75, 3.05) is 11.9 Å². The number of halogens is 1. The zero-order chi connectivity index (χ0) is 17.1. The predicted octanol–water partition coefficient (Wildman–Crippen LogP) is 1.74. The van der Waals surface area contributed by atoms with Crippen LogP contribution in [0.2, 0.25) is 0 Å². The van der Waals surface area contributed by atoms with Crippen LogP contribution in [0.5, 0.6) is 0 Å². The molecule has 1 aromatic heterocycles. The van der Waals surface area contributed by atoms with Gasteiger partial charge in [0.1, 0.15) is 5.69 Å². The average molecular weight is 364 g/mol. The Balaban J connectivity index is 0.00000196. The van der Waals surface area contributed by atoms with Crippen LogP contribution >= 0.6 is 0 Å². The van der Waals surface area contributed by atoms with Crippen molar-refractivity contribution in [3.63, 3.8) is 0 Å². The highest BCUT2D eigenvalue weighted by Crippen LogP contribution is 2.32. The first-order valence-electron chi connectivity index (χ1n) is 8.83. The fraction of sp³-hybridized carbons (Fsp3) is 0.136. The molecule has 0 aliphatic rings. The lowest BCUT2D eigenvalue weighted by Gasteiger charge is -2.13. The van der Waals surface area contributed by atoms with Crippen molar-refractivity contribution in [1.29, 1.82) is 0 Å². The van der Waals surface area contributed by atoms with Gasteiger partial charge >= 0.3 is 0 Å². The molecule has 0 aliphatic heterocycles. The Morgan fingerprint density at radius 1 is 0.808 bits per heavy atom. The summed E-state index contributed by atoms with van der Waals surface area (Å²) in [4.78, 5) is 4.78. The molecule has 0 aliphatic carbocycles. The maximum Gasteiger partial charge on any atom is 0.129 e. The van der Waals surface area contributed by atoms with Crippen molar-refractivity contribution in [3.8, 4) is 0 Å². The minimum absolute atomic E-state index is 0. The Morgan fingerprint density at radius 3 is 1.96 bits per heavy atom. The van der Waals surface area contributed by atoms with Crippen LogP contribution in [-0.4, -0.2) is 11.5 Å². The van der Waals surface area contributed by atoms with E-state index in [-0.39, 0.29) is 12.4 Å². The van der Waals surface area contributed by atoms with Crippen molar-refractivity contribution in [1.82, 2.24) is 4.98 Å². The van der Waals surface area contributed by atoms with Crippen molar-refractivity contribution < 1.29 is 17.7 Å². The maximum atomic E-state index is 4.78. The predicted molar refractivity (Wildman–Crippen MR) is 106 cm³/mol. The molecule has 0 unspecified atom stereocenters. The Kier molecular flexibility index (Phi) is 5.71. The molecule has 0 atom stereocenters. The summed E-state index contributed by atoms with van der Waals surface area (Å²) >= 11 is 0. The number of aromatic nitrogens is 1. The number of rotatable bonds is 5. The SMILES string of the molecule is CCC[NH2+]c1ccc(Nc2c3ccccc3nc3ccccc23)cc1.[Cl-]. The molecule has 0 bridgehead atoms. The van der Waals surface area contributed by atoms with Crippen LogP contribution in [-0.2, 0) is 0 Å². The Morgan fingerprint density at radius 2 is 1.38 bits per heavy atom. The van der Waals surface area contributed by atoms with Crippen LogP contribution in [0.25, 0.3) is 21.8 Å². The van der Waals surface area contributed by atoms with E-state index in [2.05, 4.69) is 78.2 Å². The van der Waals surface area contributed by atoms with Gasteiger partial charge in [-0.1, -0.05) is 43.3 Å². The van der Waals surface area contributed by atoms with Crippen molar-refractivity contribution in [2.45, 2.75) is 13.3 Å². The molecule has 1 heterocycles. The number of hydrogen-bond acceptors (Lipinski definition) is 2. The molecule has 4 aromatic rings. The largest absolute Gasteiger partial charge is 1.00 e. The van der Waals surface area contributed by atoms with E-state index in [4.69, 9.17) is 4.98 Å². The lowest BCUT2D eigenvalue weighted by molar-refractivity contribution is -0.571. The molecule has 3 N–H and O–H groups in total. The smallest absolute Gasteiger partial charge is 0.129 e. The van der Waals surface area contributed by atoms with E-state index in [1.54, 1.807) is 0 Å². The maximum absolute atomic E-state index is 4.78. The Bertz CT molecular complexity index is 959. The third-order valence-corrected chi connectivity index (χ3v) is 4.44. The number of benzene rings is 3. The minimum atomic E-state index is 0. The molecule has 3 aromatic carbocycles. The molecule has 0 spiro atoms. The van der Waals surface area contributed by atoms with Gasteiger partial charge in [0.15, 0.2) is 0 Å². The van der Waals surface area contributed by atoms with Crippen LogP contribution in [0.4, 0.5) is 17.1 Å². The van der Waals surface area contributed by atoms with Gasteiger partial charge in [-0.25, -0.2) is 4.98 Å². The molecule has 0 radical (unpaired) electrons. The second kappa shape index (κ2) is 8.17. The van der Waals surface area contributed by atoms with E-state index in [1.165, 1.54) is 12.1 Å². The second-order valence-electron chi connectivity index (χ2n) is 6.26. The Hall–Kier alpha value is -2.62. The summed E-state index contributed by atoms with van der Waals surface area (Å²) in [5, 5.41) is 8.18. The van der Waals surface area contributed by atoms with E-state index < -0.39 is 0 Å². The summed E-state index contributed by atoms with van der Waals surface area (Å²) in [5.74, 6) is 0. The van der Waals surface area contributed by atoms with Crippen LogP contribution < -0.4 is 23.0 Å². The van der Waals surface area contributed by atoms with E-state index >= 15 is 0 Å². The summed E-state index contributed by atoms with van der Waals surface area (Å²) in [6.45, 7) is 3.32. The highest BCUT2D eigenvalue weighted by molar-refractivity contribution is 6.08. The second-order valence-corrected chi connectivity index (χ2v) is 6.26. The fourth-order valence-electron chi connectivity index (χ4n) is 3.13. The van der Waals surface area contributed by atoms with Gasteiger partial charge in [-0.3, -0.25) is 0 Å². The average Bonchev–Trinajstić information content (AvgIpc) is 2.67. The first-order chi connectivity index (χ1) is 12.3. The zero-order valence-corrected chi connectivity index (χ0v) is 15.5. The monoisotopic (exact) mass is 363 g/mol. The lowest BCUT2D eigenvalue weighted by atomic mass is 10.1. The zero-order valence-electron chi connectivity index (χ0n) is 14.7. The quantitative estimate of drug-likeness (QED) is 0.419. The van der Waals surface area contributed by atoms with Gasteiger partial charge < -0.3 is 23.0 Å². The summed E-state index contributed by atoms with van der Waals surface area (Å²) in [5.41, 5.74) is 5.51. The van der Waals surface area contributed by atoms with Crippen LogP contribution in [0.1, 0.15) is 13.3 Å². The minimum Gasteiger partial charge on any atom is -1.00 e. The molecule has 3 nitrogen and oxygen atoms in total. The van der Waals surface area contributed by atoms with Gasteiger partial charge in [-0.15, -0.1) is 0 Å². The molecular formula is C22H22ClN3. The van der Waals surface area contributed by atoms with Gasteiger partial charge in [-0.05, 0) is 30.7 Å². The highest BCUT2D eigenvalue weighted by atomic mass is 35.5. The molecule has 26 heavy (non-hydrogen) atoms. The van der Waals surface area contributed by atoms with Gasteiger partial charge in [0, 0.05) is 28.6 Å². The van der Waals surface area contributed by atoms with E-state index in [9.17, 15) is 0 Å². The molecule has 132 valence electrons. The summed E-state index contributed by atoms with van der Waals surface area (Å²) in [6.07, 6.45) is 1.18. The number of para-hydroxylation sites is 2. The van der Waals surface area contributed by atoms with Crippen molar-refractivity contribution in [3.05, 3.63) is 72.8 Å². The molecule has 0 fully saturated rings. The topological polar surface area (TPSA) is 41.5 Å². The number of nitrogens with two attached hydrogens (primary N) is 1. The fourth-order valence-corrected chi connectivity index (χ4v) is 3.13. The van der Waals surface area contributed by atoms with Crippen LogP contribution in [0, 0.1) is 0 Å². The molecular weight excluding hydrogens is 342 g/mol. The van der Waals surface area contributed by atoms with Crippen LogP contribution in [0.15, 0.2) is 72.8 Å². The van der Waals surface area contributed by atoms with Crippen LogP contribution in [0.3, 0.4) is 0 Å². The summed E-state index contributed by atoms with van der Waals surface area (Å²) in [7, 11) is 0. The van der Waals surface area contributed by atoms with E-state index in [0.717, 1.165) is 39.7 Å². The number of nitrogens with zero attached hydrogens (tertiary/aromatic N) is 1. The van der Waals surface area contributed by atoms with Gasteiger partial charge in [0.25, 0.3) is 0 Å². The summed E-state index contributed by atoms with van der Waals surface area (Å²) in [6, 6.07) is 25.2. The van der Waals surface area contributed by atoms with Gasteiger partial charge in [0.05, 0.1) is 23.3 Å². The number of nitrogens with one attached hydrogen (secondary N) is 1. The number of quaternary nitrogens is 1. The number of pyridine rings is 1. The molecule has 0 amide bonds. The molecule has 4 rings (SSSR count). The number of fused-ring (bicyclic) bond motifs is 2. The van der Waals surface area contributed by atoms with Gasteiger partial charge in [-0.2, -0.15) is 0 Å². The molecule has 0 saturated carbocycles. The highest BCUT2D eigenvalue weighted by Gasteiger charge is 2.09. The Labute approximate surface area is 159 Å². The lowest BCUT2D eigenvalue weighted by Crippen LogP contribution is -3.00. The van der Waals surface area contributed by atoms with E-state index in [1.807, 2.05) is 12.1 Å². The summed E-state index contributed by atoms with van der Waals surface area (Å²) < 4.78 is 0. The van der Waals surface area contributed by atoms with Crippen molar-refractivity contribution >= 4 is 38.9 Å². The molecule has 0 saturated heterocycles. The molecule has 4 heteroatoms. The number of anilines is 2. The standard InChI is InChI=1S/C22H21N3.ClH/c1-2-15-23-16-11-13-17(14-12-16)24-22-18-7-3-5-9-20(18)25-21-10-6-4-8-19(21)22;/h3-14,23H,2,15H2,1H3,(H,24,25);1H. The first-order valence-corrected chi connectivity index (χ1v) is 8.83. The normalized spacial score (nSPS) is 10.7. The van der Waals surface area contributed by atoms with Gasteiger partial charge in [0.2, 0.25) is 0 Å².